The highest BCUT2D eigenvalue weighted by Crippen LogP contribution is 2.17. The third-order valence-corrected chi connectivity index (χ3v) is 4.56. The van der Waals surface area contributed by atoms with E-state index in [1.807, 2.05) is 30.5 Å². The number of amides is 1. The quantitative estimate of drug-likeness (QED) is 0.385. The molecule has 0 bridgehead atoms. The number of H-pyrrole nitrogens is 1. The summed E-state index contributed by atoms with van der Waals surface area (Å²) in [4.78, 5) is 30.9. The van der Waals surface area contributed by atoms with E-state index in [1.165, 1.54) is 11.8 Å². The van der Waals surface area contributed by atoms with Crippen LogP contribution in [0.1, 0.15) is 17.7 Å². The fraction of sp³-hybridized carbons (Fsp3) is 0.353. The molecule has 0 radical (unpaired) electrons. The molecule has 0 unspecified atom stereocenters. The summed E-state index contributed by atoms with van der Waals surface area (Å²) in [7, 11) is 0. The first-order chi connectivity index (χ1) is 12.0. The molecule has 0 aliphatic carbocycles. The van der Waals surface area contributed by atoms with E-state index in [0.717, 1.165) is 10.2 Å². The van der Waals surface area contributed by atoms with Crippen molar-refractivity contribution in [3.05, 3.63) is 50.3 Å². The van der Waals surface area contributed by atoms with Crippen LogP contribution in [0.25, 0.3) is 0 Å². The van der Waals surface area contributed by atoms with Gasteiger partial charge in [0.2, 0.25) is 5.91 Å². The Morgan fingerprint density at radius 1 is 1.44 bits per heavy atom. The average Bonchev–Trinajstić information content (AvgIpc) is 2.58. The van der Waals surface area contributed by atoms with Gasteiger partial charge in [-0.25, -0.2) is 4.98 Å². The molecule has 1 aromatic heterocycles. The Bertz CT molecular complexity index is 795. The molecule has 0 aliphatic heterocycles. The molecule has 134 valence electrons. The Morgan fingerprint density at radius 2 is 2.24 bits per heavy atom. The van der Waals surface area contributed by atoms with Crippen LogP contribution in [0.4, 0.5) is 0 Å². The first-order valence-corrected chi connectivity index (χ1v) is 9.80. The largest absolute Gasteiger partial charge is 0.492 e. The molecule has 0 spiro atoms. The lowest BCUT2D eigenvalue weighted by Gasteiger charge is -2.09. The molecule has 0 saturated heterocycles. The molecule has 2 rings (SSSR count). The highest BCUT2D eigenvalue weighted by Gasteiger charge is 2.10. The van der Waals surface area contributed by atoms with E-state index >= 15 is 0 Å². The summed E-state index contributed by atoms with van der Waals surface area (Å²) in [6, 6.07) is 7.52. The minimum atomic E-state index is -0.178. The van der Waals surface area contributed by atoms with Crippen molar-refractivity contribution >= 4 is 33.6 Å². The predicted octanol–water partition coefficient (Wildman–Crippen LogP) is 2.69. The first-order valence-electron chi connectivity index (χ1n) is 7.78. The number of rotatable bonds is 8. The SMILES string of the molecule is CSc1nc(C)c(CCC(=O)NCCOc2cccc(Br)c2)c(=O)[nH]1. The number of hydrogen-bond acceptors (Lipinski definition) is 5. The molecule has 0 saturated carbocycles. The van der Waals surface area contributed by atoms with Gasteiger partial charge < -0.3 is 15.0 Å². The Labute approximate surface area is 158 Å². The van der Waals surface area contributed by atoms with Crippen molar-refractivity contribution in [1.82, 2.24) is 15.3 Å². The van der Waals surface area contributed by atoms with E-state index in [1.54, 1.807) is 6.92 Å². The highest BCUT2D eigenvalue weighted by atomic mass is 79.9. The fourth-order valence-electron chi connectivity index (χ4n) is 2.22. The Balaban J connectivity index is 1.75. The van der Waals surface area contributed by atoms with Crippen LogP contribution < -0.4 is 15.6 Å². The van der Waals surface area contributed by atoms with Crippen molar-refractivity contribution in [2.45, 2.75) is 24.9 Å². The highest BCUT2D eigenvalue weighted by molar-refractivity contribution is 9.10. The van der Waals surface area contributed by atoms with Crippen LogP contribution >= 0.6 is 27.7 Å². The monoisotopic (exact) mass is 425 g/mol. The van der Waals surface area contributed by atoms with E-state index in [4.69, 9.17) is 4.74 Å². The molecule has 0 aliphatic rings. The van der Waals surface area contributed by atoms with Gasteiger partial charge in [-0.3, -0.25) is 9.59 Å². The second-order valence-corrected chi connectivity index (χ2v) is 7.01. The molecule has 2 N–H and O–H groups in total. The van der Waals surface area contributed by atoms with Gasteiger partial charge in [-0.15, -0.1) is 0 Å². The third-order valence-electron chi connectivity index (χ3n) is 3.48. The van der Waals surface area contributed by atoms with Crippen LogP contribution in [0.5, 0.6) is 5.75 Å². The molecule has 0 atom stereocenters. The average molecular weight is 426 g/mol. The van der Waals surface area contributed by atoms with E-state index in [2.05, 4.69) is 31.2 Å². The molecule has 1 amide bonds. The lowest BCUT2D eigenvalue weighted by Crippen LogP contribution is -2.29. The third kappa shape index (κ3) is 6.21. The molecule has 0 fully saturated rings. The molecule has 1 heterocycles. The topological polar surface area (TPSA) is 84.1 Å². The zero-order chi connectivity index (χ0) is 18.2. The van der Waals surface area contributed by atoms with E-state index in [0.29, 0.717) is 36.0 Å². The van der Waals surface area contributed by atoms with Gasteiger partial charge in [0.05, 0.1) is 6.54 Å². The van der Waals surface area contributed by atoms with Crippen LogP contribution in [0.15, 0.2) is 38.7 Å². The summed E-state index contributed by atoms with van der Waals surface area (Å²) < 4.78 is 6.49. The van der Waals surface area contributed by atoms with Gasteiger partial charge in [0, 0.05) is 22.2 Å². The fourth-order valence-corrected chi connectivity index (χ4v) is 3.02. The maximum atomic E-state index is 12.0. The van der Waals surface area contributed by atoms with Gasteiger partial charge in [0.1, 0.15) is 12.4 Å². The van der Waals surface area contributed by atoms with Crippen LogP contribution in [0.2, 0.25) is 0 Å². The predicted molar refractivity (Wildman–Crippen MR) is 102 cm³/mol. The lowest BCUT2D eigenvalue weighted by molar-refractivity contribution is -0.121. The number of carbonyl (C=O) groups is 1. The van der Waals surface area contributed by atoms with Crippen molar-refractivity contribution in [2.24, 2.45) is 0 Å². The summed E-state index contributed by atoms with van der Waals surface area (Å²) in [6.45, 7) is 2.57. The number of hydrogen-bond donors (Lipinski definition) is 2. The van der Waals surface area contributed by atoms with Crippen LogP contribution in [-0.4, -0.2) is 35.3 Å². The Morgan fingerprint density at radius 3 is 2.92 bits per heavy atom. The van der Waals surface area contributed by atoms with Crippen molar-refractivity contribution < 1.29 is 9.53 Å². The number of nitrogens with zero attached hydrogens (tertiary/aromatic N) is 1. The van der Waals surface area contributed by atoms with Gasteiger partial charge in [0.25, 0.3) is 5.56 Å². The minimum Gasteiger partial charge on any atom is -0.492 e. The number of halogens is 1. The maximum absolute atomic E-state index is 12.0. The van der Waals surface area contributed by atoms with E-state index in [-0.39, 0.29) is 17.9 Å². The Kier molecular flexibility index (Phi) is 7.52. The summed E-state index contributed by atoms with van der Waals surface area (Å²) >= 11 is 4.75. The molecule has 2 aromatic rings. The summed E-state index contributed by atoms with van der Waals surface area (Å²) in [5, 5.41) is 3.37. The van der Waals surface area contributed by atoms with Gasteiger partial charge >= 0.3 is 0 Å². The molecular weight excluding hydrogens is 406 g/mol. The second kappa shape index (κ2) is 9.62. The first kappa shape index (κ1) is 19.5. The zero-order valence-corrected chi connectivity index (χ0v) is 16.5. The maximum Gasteiger partial charge on any atom is 0.254 e. The molecular formula is C17H20BrN3O3S. The number of thioether (sulfide) groups is 1. The molecule has 8 heteroatoms. The normalized spacial score (nSPS) is 10.5. The second-order valence-electron chi connectivity index (χ2n) is 5.29. The molecule has 6 nitrogen and oxygen atoms in total. The van der Waals surface area contributed by atoms with Crippen molar-refractivity contribution in [3.63, 3.8) is 0 Å². The van der Waals surface area contributed by atoms with E-state index < -0.39 is 0 Å². The van der Waals surface area contributed by atoms with Crippen molar-refractivity contribution in [1.29, 1.82) is 0 Å². The lowest BCUT2D eigenvalue weighted by atomic mass is 10.1. The summed E-state index contributed by atoms with van der Waals surface area (Å²) in [5.41, 5.74) is 1.04. The van der Waals surface area contributed by atoms with Crippen LogP contribution in [0.3, 0.4) is 0 Å². The van der Waals surface area contributed by atoms with Crippen LogP contribution in [0, 0.1) is 6.92 Å². The number of aromatic amines is 1. The summed E-state index contributed by atoms with van der Waals surface area (Å²) in [5.74, 6) is 0.622. The standard InChI is InChI=1S/C17H20BrN3O3S/c1-11-14(16(23)21-17(20-11)25-2)6-7-15(22)19-8-9-24-13-5-3-4-12(18)10-13/h3-5,10H,6-9H2,1-2H3,(H,19,22)(H,20,21,23). The minimum absolute atomic E-state index is 0.120. The van der Waals surface area contributed by atoms with Gasteiger partial charge in [-0.2, -0.15) is 0 Å². The number of ether oxygens (including phenoxy) is 1. The molecule has 1 aromatic carbocycles. The number of carbonyl (C=O) groups excluding carboxylic acids is 1. The number of aryl methyl sites for hydroxylation is 1. The molecule has 25 heavy (non-hydrogen) atoms. The zero-order valence-electron chi connectivity index (χ0n) is 14.1. The van der Waals surface area contributed by atoms with Gasteiger partial charge in [-0.1, -0.05) is 33.8 Å². The summed E-state index contributed by atoms with van der Waals surface area (Å²) in [6.07, 6.45) is 2.45. The van der Waals surface area contributed by atoms with Crippen LogP contribution in [-0.2, 0) is 11.2 Å². The van der Waals surface area contributed by atoms with E-state index in [9.17, 15) is 9.59 Å². The number of nitrogens with one attached hydrogen (secondary N) is 2. The van der Waals surface area contributed by atoms with Crippen molar-refractivity contribution in [2.75, 3.05) is 19.4 Å². The van der Waals surface area contributed by atoms with Crippen molar-refractivity contribution in [3.8, 4) is 5.75 Å². The van der Waals surface area contributed by atoms with Gasteiger partial charge in [0.15, 0.2) is 5.16 Å². The van der Waals surface area contributed by atoms with Gasteiger partial charge in [-0.05, 0) is 37.8 Å². The smallest absolute Gasteiger partial charge is 0.254 e. The number of benzene rings is 1. The number of aromatic nitrogens is 2. The Hall–Kier alpha value is -1.80.